The van der Waals surface area contributed by atoms with E-state index < -0.39 is 0 Å². The standard InChI is InChI=1S/C13H15NOS/c1-13(2,3)14-12(15)11-8-9-6-4-5-7-10(9)16-11/h4-8H,1-3H3,(H,14,15). The largest absolute Gasteiger partial charge is 0.347 e. The van der Waals surface area contributed by atoms with Gasteiger partial charge in [0.2, 0.25) is 0 Å². The Kier molecular flexibility index (Phi) is 2.72. The van der Waals surface area contributed by atoms with Gasteiger partial charge in [0.1, 0.15) is 0 Å². The molecule has 1 heterocycles. The molecule has 0 fully saturated rings. The van der Waals surface area contributed by atoms with E-state index in [-0.39, 0.29) is 11.4 Å². The van der Waals surface area contributed by atoms with Crippen LogP contribution >= 0.6 is 11.3 Å². The van der Waals surface area contributed by atoms with Crippen LogP contribution in [0.2, 0.25) is 0 Å². The quantitative estimate of drug-likeness (QED) is 0.803. The summed E-state index contributed by atoms with van der Waals surface area (Å²) in [6, 6.07) is 9.99. The van der Waals surface area contributed by atoms with Crippen LogP contribution in [0.4, 0.5) is 0 Å². The van der Waals surface area contributed by atoms with E-state index in [0.717, 1.165) is 15.0 Å². The van der Waals surface area contributed by atoms with Gasteiger partial charge in [-0.2, -0.15) is 0 Å². The lowest BCUT2D eigenvalue weighted by molar-refractivity contribution is 0.0924. The normalized spacial score (nSPS) is 11.7. The van der Waals surface area contributed by atoms with Gasteiger partial charge < -0.3 is 5.32 Å². The first-order valence-electron chi connectivity index (χ1n) is 5.27. The molecule has 0 saturated heterocycles. The van der Waals surface area contributed by atoms with Crippen LogP contribution in [0.5, 0.6) is 0 Å². The summed E-state index contributed by atoms with van der Waals surface area (Å²) in [6.45, 7) is 5.95. The molecular formula is C13H15NOS. The molecule has 0 atom stereocenters. The van der Waals surface area contributed by atoms with Gasteiger partial charge in [0.25, 0.3) is 5.91 Å². The van der Waals surface area contributed by atoms with Crippen molar-refractivity contribution >= 4 is 27.3 Å². The summed E-state index contributed by atoms with van der Waals surface area (Å²) < 4.78 is 1.15. The Morgan fingerprint density at radius 1 is 1.25 bits per heavy atom. The van der Waals surface area contributed by atoms with Gasteiger partial charge in [0.05, 0.1) is 4.88 Å². The van der Waals surface area contributed by atoms with E-state index >= 15 is 0 Å². The lowest BCUT2D eigenvalue weighted by Gasteiger charge is -2.19. The molecule has 2 aromatic rings. The molecule has 0 bridgehead atoms. The number of benzene rings is 1. The van der Waals surface area contributed by atoms with Gasteiger partial charge >= 0.3 is 0 Å². The Morgan fingerprint density at radius 2 is 1.94 bits per heavy atom. The second kappa shape index (κ2) is 3.91. The maximum atomic E-state index is 11.9. The Bertz CT molecular complexity index is 489. The first-order valence-corrected chi connectivity index (χ1v) is 6.08. The van der Waals surface area contributed by atoms with Gasteiger partial charge in [-0.3, -0.25) is 4.79 Å². The minimum absolute atomic E-state index is 0.00806. The van der Waals surface area contributed by atoms with Crippen molar-refractivity contribution in [3.63, 3.8) is 0 Å². The molecule has 0 aliphatic carbocycles. The molecule has 0 spiro atoms. The van der Waals surface area contributed by atoms with Crippen molar-refractivity contribution < 1.29 is 4.79 Å². The van der Waals surface area contributed by atoms with Gasteiger partial charge in [-0.05, 0) is 38.3 Å². The highest BCUT2D eigenvalue weighted by Gasteiger charge is 2.16. The Balaban J connectivity index is 2.30. The van der Waals surface area contributed by atoms with Crippen LogP contribution in [-0.4, -0.2) is 11.4 Å². The average Bonchev–Trinajstić information content (AvgIpc) is 2.58. The summed E-state index contributed by atoms with van der Waals surface area (Å²) in [5.41, 5.74) is -0.187. The van der Waals surface area contributed by atoms with Crippen LogP contribution in [0.3, 0.4) is 0 Å². The van der Waals surface area contributed by atoms with E-state index in [4.69, 9.17) is 0 Å². The van der Waals surface area contributed by atoms with Crippen molar-refractivity contribution in [2.24, 2.45) is 0 Å². The minimum Gasteiger partial charge on any atom is -0.347 e. The lowest BCUT2D eigenvalue weighted by Crippen LogP contribution is -2.40. The van der Waals surface area contributed by atoms with Crippen molar-refractivity contribution in [3.8, 4) is 0 Å². The molecule has 1 amide bonds. The fourth-order valence-electron chi connectivity index (χ4n) is 1.50. The van der Waals surface area contributed by atoms with Gasteiger partial charge in [-0.15, -0.1) is 11.3 Å². The number of nitrogens with one attached hydrogen (secondary N) is 1. The smallest absolute Gasteiger partial charge is 0.261 e. The van der Waals surface area contributed by atoms with E-state index in [1.165, 1.54) is 11.3 Å². The zero-order valence-electron chi connectivity index (χ0n) is 9.70. The van der Waals surface area contributed by atoms with E-state index in [2.05, 4.69) is 5.32 Å². The highest BCUT2D eigenvalue weighted by atomic mass is 32.1. The van der Waals surface area contributed by atoms with Gasteiger partial charge in [0, 0.05) is 10.2 Å². The second-order valence-electron chi connectivity index (χ2n) is 4.85. The molecule has 0 aliphatic rings. The van der Waals surface area contributed by atoms with E-state index in [9.17, 15) is 4.79 Å². The topological polar surface area (TPSA) is 29.1 Å². The molecule has 2 rings (SSSR count). The summed E-state index contributed by atoms with van der Waals surface area (Å²) in [6.07, 6.45) is 0. The summed E-state index contributed by atoms with van der Waals surface area (Å²) in [7, 11) is 0. The number of hydrogen-bond acceptors (Lipinski definition) is 2. The zero-order chi connectivity index (χ0) is 11.8. The van der Waals surface area contributed by atoms with Gasteiger partial charge in [-0.25, -0.2) is 0 Å². The molecule has 84 valence electrons. The molecule has 1 aromatic heterocycles. The van der Waals surface area contributed by atoms with Gasteiger partial charge in [0.15, 0.2) is 0 Å². The number of fused-ring (bicyclic) bond motifs is 1. The molecule has 0 aliphatic heterocycles. The Morgan fingerprint density at radius 3 is 2.56 bits per heavy atom. The first kappa shape index (κ1) is 11.1. The van der Waals surface area contributed by atoms with E-state index in [1.807, 2.05) is 51.1 Å². The third kappa shape index (κ3) is 2.42. The third-order valence-electron chi connectivity index (χ3n) is 2.14. The molecular weight excluding hydrogens is 218 g/mol. The maximum absolute atomic E-state index is 11.9. The number of carbonyl (C=O) groups excluding carboxylic acids is 1. The predicted octanol–water partition coefficient (Wildman–Crippen LogP) is 3.43. The van der Waals surface area contributed by atoms with Crippen molar-refractivity contribution in [2.45, 2.75) is 26.3 Å². The average molecular weight is 233 g/mol. The molecule has 3 heteroatoms. The predicted molar refractivity (Wildman–Crippen MR) is 69.0 cm³/mol. The maximum Gasteiger partial charge on any atom is 0.261 e. The van der Waals surface area contributed by atoms with Crippen LogP contribution in [0.25, 0.3) is 10.1 Å². The van der Waals surface area contributed by atoms with Crippen molar-refractivity contribution in [1.29, 1.82) is 0 Å². The summed E-state index contributed by atoms with van der Waals surface area (Å²) in [4.78, 5) is 12.7. The van der Waals surface area contributed by atoms with Crippen molar-refractivity contribution in [3.05, 3.63) is 35.2 Å². The highest BCUT2D eigenvalue weighted by Crippen LogP contribution is 2.25. The fraction of sp³-hybridized carbons (Fsp3) is 0.308. The van der Waals surface area contributed by atoms with Crippen LogP contribution in [0, 0.1) is 0 Å². The number of thiophene rings is 1. The minimum atomic E-state index is -0.187. The summed E-state index contributed by atoms with van der Waals surface area (Å²) in [5, 5.41) is 4.10. The van der Waals surface area contributed by atoms with Crippen LogP contribution in [0.1, 0.15) is 30.4 Å². The molecule has 16 heavy (non-hydrogen) atoms. The summed E-state index contributed by atoms with van der Waals surface area (Å²) >= 11 is 1.53. The van der Waals surface area contributed by atoms with Gasteiger partial charge in [-0.1, -0.05) is 18.2 Å². The number of carbonyl (C=O) groups is 1. The second-order valence-corrected chi connectivity index (χ2v) is 5.94. The molecule has 0 saturated carbocycles. The Hall–Kier alpha value is -1.35. The molecule has 1 N–H and O–H groups in total. The third-order valence-corrected chi connectivity index (χ3v) is 3.25. The molecule has 0 unspecified atom stereocenters. The SMILES string of the molecule is CC(C)(C)NC(=O)c1cc2ccccc2s1. The summed E-state index contributed by atoms with van der Waals surface area (Å²) in [5.74, 6) is 0.00806. The number of rotatable bonds is 1. The molecule has 1 aromatic carbocycles. The van der Waals surface area contributed by atoms with Crippen LogP contribution < -0.4 is 5.32 Å². The van der Waals surface area contributed by atoms with Crippen molar-refractivity contribution in [1.82, 2.24) is 5.32 Å². The van der Waals surface area contributed by atoms with Crippen LogP contribution in [-0.2, 0) is 0 Å². The number of amides is 1. The van der Waals surface area contributed by atoms with Crippen molar-refractivity contribution in [2.75, 3.05) is 0 Å². The highest BCUT2D eigenvalue weighted by molar-refractivity contribution is 7.20. The molecule has 2 nitrogen and oxygen atoms in total. The van der Waals surface area contributed by atoms with E-state index in [1.54, 1.807) is 0 Å². The Labute approximate surface area is 99.3 Å². The fourth-order valence-corrected chi connectivity index (χ4v) is 2.45. The zero-order valence-corrected chi connectivity index (χ0v) is 10.5. The number of hydrogen-bond donors (Lipinski definition) is 1. The van der Waals surface area contributed by atoms with E-state index in [0.29, 0.717) is 0 Å². The van der Waals surface area contributed by atoms with Crippen LogP contribution in [0.15, 0.2) is 30.3 Å². The first-order chi connectivity index (χ1) is 7.46. The monoisotopic (exact) mass is 233 g/mol. The molecule has 0 radical (unpaired) electrons. The lowest BCUT2D eigenvalue weighted by atomic mass is 10.1.